The minimum atomic E-state index is -0.209. The first-order chi connectivity index (χ1) is 9.63. The van der Waals surface area contributed by atoms with Crippen molar-refractivity contribution in [3.8, 4) is 0 Å². The maximum Gasteiger partial charge on any atom is 0.275 e. The van der Waals surface area contributed by atoms with Gasteiger partial charge in [0.15, 0.2) is 0 Å². The Hall–Kier alpha value is -2.14. The van der Waals surface area contributed by atoms with Crippen LogP contribution in [0.3, 0.4) is 0 Å². The molecule has 5 heteroatoms. The lowest BCUT2D eigenvalue weighted by Gasteiger charge is -2.07. The number of halogens is 1. The van der Waals surface area contributed by atoms with E-state index in [2.05, 4.69) is 26.2 Å². The van der Waals surface area contributed by atoms with Gasteiger partial charge < -0.3 is 9.72 Å². The molecule has 0 unspecified atom stereocenters. The van der Waals surface area contributed by atoms with Gasteiger partial charge in [-0.1, -0.05) is 22.0 Å². The predicted molar refractivity (Wildman–Crippen MR) is 82.0 cm³/mol. The largest absolute Gasteiger partial charge is 0.320 e. The molecule has 0 radical (unpaired) electrons. The SMILES string of the molecule is Cc1cc(Br)ccc1NC(=O)c1cn2ccccc2n1. The Morgan fingerprint density at radius 2 is 2.15 bits per heavy atom. The Labute approximate surface area is 124 Å². The molecule has 0 fully saturated rings. The number of aryl methyl sites for hydroxylation is 1. The van der Waals surface area contributed by atoms with Gasteiger partial charge in [-0.15, -0.1) is 0 Å². The number of carbonyl (C=O) groups excluding carboxylic acids is 1. The van der Waals surface area contributed by atoms with E-state index in [-0.39, 0.29) is 5.91 Å². The summed E-state index contributed by atoms with van der Waals surface area (Å²) in [5, 5.41) is 2.88. The van der Waals surface area contributed by atoms with Gasteiger partial charge in [0.25, 0.3) is 5.91 Å². The zero-order chi connectivity index (χ0) is 14.1. The summed E-state index contributed by atoms with van der Waals surface area (Å²) in [6.45, 7) is 1.95. The maximum atomic E-state index is 12.2. The molecule has 3 aromatic rings. The Morgan fingerprint density at radius 3 is 2.90 bits per heavy atom. The summed E-state index contributed by atoms with van der Waals surface area (Å²) in [6, 6.07) is 11.4. The zero-order valence-electron chi connectivity index (χ0n) is 10.8. The highest BCUT2D eigenvalue weighted by atomic mass is 79.9. The summed E-state index contributed by atoms with van der Waals surface area (Å²) in [6.07, 6.45) is 3.59. The molecule has 2 heterocycles. The molecular formula is C15H12BrN3O. The number of amides is 1. The summed E-state index contributed by atoms with van der Waals surface area (Å²) in [5.41, 5.74) is 2.94. The molecule has 0 saturated carbocycles. The fourth-order valence-electron chi connectivity index (χ4n) is 2.00. The second-order valence-corrected chi connectivity index (χ2v) is 5.42. The molecule has 3 rings (SSSR count). The Kier molecular flexibility index (Phi) is 3.28. The predicted octanol–water partition coefficient (Wildman–Crippen LogP) is 3.66. The average Bonchev–Trinajstić information content (AvgIpc) is 2.86. The van der Waals surface area contributed by atoms with Gasteiger partial charge in [0.05, 0.1) is 0 Å². The van der Waals surface area contributed by atoms with Crippen LogP contribution in [0, 0.1) is 6.92 Å². The van der Waals surface area contributed by atoms with Crippen molar-refractivity contribution in [3.63, 3.8) is 0 Å². The fraction of sp³-hybridized carbons (Fsp3) is 0.0667. The number of hydrogen-bond donors (Lipinski definition) is 1. The molecule has 0 aliphatic carbocycles. The third-order valence-electron chi connectivity index (χ3n) is 3.03. The molecule has 2 aromatic heterocycles. The quantitative estimate of drug-likeness (QED) is 0.779. The van der Waals surface area contributed by atoms with E-state index in [1.165, 1.54) is 0 Å². The van der Waals surface area contributed by atoms with Crippen LogP contribution in [0.2, 0.25) is 0 Å². The third kappa shape index (κ3) is 2.44. The van der Waals surface area contributed by atoms with Crippen molar-refractivity contribution in [2.24, 2.45) is 0 Å². The molecule has 20 heavy (non-hydrogen) atoms. The van der Waals surface area contributed by atoms with Crippen molar-refractivity contribution in [1.29, 1.82) is 0 Å². The van der Waals surface area contributed by atoms with Crippen LogP contribution in [0.1, 0.15) is 16.1 Å². The van der Waals surface area contributed by atoms with Gasteiger partial charge in [-0.25, -0.2) is 4.98 Å². The Balaban J connectivity index is 1.89. The van der Waals surface area contributed by atoms with E-state index in [4.69, 9.17) is 0 Å². The lowest BCUT2D eigenvalue weighted by atomic mass is 10.2. The molecule has 1 N–H and O–H groups in total. The summed E-state index contributed by atoms with van der Waals surface area (Å²) in [5.74, 6) is -0.209. The number of nitrogens with zero attached hydrogens (tertiary/aromatic N) is 2. The van der Waals surface area contributed by atoms with Crippen LogP contribution in [0.5, 0.6) is 0 Å². The minimum Gasteiger partial charge on any atom is -0.320 e. The number of nitrogens with one attached hydrogen (secondary N) is 1. The van der Waals surface area contributed by atoms with Gasteiger partial charge in [0.2, 0.25) is 0 Å². The highest BCUT2D eigenvalue weighted by Crippen LogP contribution is 2.20. The van der Waals surface area contributed by atoms with Gasteiger partial charge in [-0.2, -0.15) is 0 Å². The van der Waals surface area contributed by atoms with Crippen LogP contribution in [0.15, 0.2) is 53.3 Å². The van der Waals surface area contributed by atoms with Crippen molar-refractivity contribution in [2.75, 3.05) is 5.32 Å². The summed E-state index contributed by atoms with van der Waals surface area (Å²) < 4.78 is 2.81. The van der Waals surface area contributed by atoms with E-state index in [0.717, 1.165) is 21.4 Å². The second-order valence-electron chi connectivity index (χ2n) is 4.51. The molecule has 0 aliphatic rings. The number of aromatic nitrogens is 2. The van der Waals surface area contributed by atoms with E-state index in [9.17, 15) is 4.79 Å². The van der Waals surface area contributed by atoms with Crippen molar-refractivity contribution in [1.82, 2.24) is 9.38 Å². The number of rotatable bonds is 2. The molecule has 100 valence electrons. The van der Waals surface area contributed by atoms with Crippen LogP contribution in [-0.4, -0.2) is 15.3 Å². The van der Waals surface area contributed by atoms with Gasteiger partial charge in [0.1, 0.15) is 11.3 Å². The second kappa shape index (κ2) is 5.09. The monoisotopic (exact) mass is 329 g/mol. The molecule has 1 aromatic carbocycles. The average molecular weight is 330 g/mol. The molecule has 0 bridgehead atoms. The third-order valence-corrected chi connectivity index (χ3v) is 3.53. The summed E-state index contributed by atoms with van der Waals surface area (Å²) in [7, 11) is 0. The molecule has 0 saturated heterocycles. The van der Waals surface area contributed by atoms with Crippen molar-refractivity contribution in [2.45, 2.75) is 6.92 Å². The molecule has 0 atom stereocenters. The van der Waals surface area contributed by atoms with E-state index < -0.39 is 0 Å². The number of hydrogen-bond acceptors (Lipinski definition) is 2. The minimum absolute atomic E-state index is 0.209. The number of fused-ring (bicyclic) bond motifs is 1. The number of pyridine rings is 1. The molecule has 0 spiro atoms. The number of carbonyl (C=O) groups is 1. The highest BCUT2D eigenvalue weighted by molar-refractivity contribution is 9.10. The highest BCUT2D eigenvalue weighted by Gasteiger charge is 2.11. The van der Waals surface area contributed by atoms with E-state index >= 15 is 0 Å². The first-order valence-electron chi connectivity index (χ1n) is 6.15. The first kappa shape index (κ1) is 12.9. The number of anilines is 1. The van der Waals surface area contributed by atoms with Gasteiger partial charge in [-0.05, 0) is 42.8 Å². The van der Waals surface area contributed by atoms with E-state index in [0.29, 0.717) is 5.69 Å². The molecule has 1 amide bonds. The lowest BCUT2D eigenvalue weighted by Crippen LogP contribution is -2.13. The van der Waals surface area contributed by atoms with Crippen LogP contribution in [-0.2, 0) is 0 Å². The maximum absolute atomic E-state index is 12.2. The Bertz CT molecular complexity index is 762. The lowest BCUT2D eigenvalue weighted by molar-refractivity contribution is 0.102. The number of imidazole rings is 1. The smallest absolute Gasteiger partial charge is 0.275 e. The molecular weight excluding hydrogens is 318 g/mol. The standard InChI is InChI=1S/C15H12BrN3O/c1-10-8-11(16)5-6-12(10)18-15(20)13-9-19-7-3-2-4-14(19)17-13/h2-9H,1H3,(H,18,20). The van der Waals surface area contributed by atoms with Crippen LogP contribution < -0.4 is 5.32 Å². The van der Waals surface area contributed by atoms with Crippen molar-refractivity contribution in [3.05, 3.63) is 64.5 Å². The van der Waals surface area contributed by atoms with E-state index in [1.807, 2.05) is 53.9 Å². The van der Waals surface area contributed by atoms with Crippen molar-refractivity contribution >= 4 is 33.2 Å². The van der Waals surface area contributed by atoms with Gasteiger partial charge >= 0.3 is 0 Å². The summed E-state index contributed by atoms with van der Waals surface area (Å²) in [4.78, 5) is 16.5. The first-order valence-corrected chi connectivity index (χ1v) is 6.94. The topological polar surface area (TPSA) is 46.4 Å². The van der Waals surface area contributed by atoms with Crippen LogP contribution >= 0.6 is 15.9 Å². The summed E-state index contributed by atoms with van der Waals surface area (Å²) >= 11 is 3.40. The van der Waals surface area contributed by atoms with Crippen LogP contribution in [0.4, 0.5) is 5.69 Å². The zero-order valence-corrected chi connectivity index (χ0v) is 12.4. The normalized spacial score (nSPS) is 10.7. The Morgan fingerprint density at radius 1 is 1.30 bits per heavy atom. The van der Waals surface area contributed by atoms with Crippen molar-refractivity contribution < 1.29 is 4.79 Å². The van der Waals surface area contributed by atoms with Gasteiger partial charge in [-0.3, -0.25) is 4.79 Å². The van der Waals surface area contributed by atoms with Crippen LogP contribution in [0.25, 0.3) is 5.65 Å². The molecule has 4 nitrogen and oxygen atoms in total. The van der Waals surface area contributed by atoms with Gasteiger partial charge in [0, 0.05) is 22.6 Å². The van der Waals surface area contributed by atoms with E-state index in [1.54, 1.807) is 6.20 Å². The molecule has 0 aliphatic heterocycles. The fourth-order valence-corrected chi connectivity index (χ4v) is 2.47. The number of benzene rings is 1.